The topological polar surface area (TPSA) is 101 Å². The number of benzene rings is 1. The predicted molar refractivity (Wildman–Crippen MR) is 103 cm³/mol. The molecule has 6 heteroatoms. The number of nitrogens with one attached hydrogen (secondary N) is 2. The molecule has 0 bridgehead atoms. The van der Waals surface area contributed by atoms with E-state index in [9.17, 15) is 0 Å². The lowest BCUT2D eigenvalue weighted by atomic mass is 10.1. The second kappa shape index (κ2) is 10.5. The Kier molecular flexibility index (Phi) is 8.68. The van der Waals surface area contributed by atoms with Crippen molar-refractivity contribution in [1.29, 1.82) is 0 Å². The summed E-state index contributed by atoms with van der Waals surface area (Å²) >= 11 is 0. The molecule has 0 amide bonds. The van der Waals surface area contributed by atoms with Gasteiger partial charge >= 0.3 is 0 Å². The van der Waals surface area contributed by atoms with Crippen molar-refractivity contribution in [2.75, 3.05) is 0 Å². The van der Waals surface area contributed by atoms with Crippen LogP contribution in [0.15, 0.2) is 34.3 Å². The van der Waals surface area contributed by atoms with Gasteiger partial charge in [0.05, 0.1) is 13.1 Å². The summed E-state index contributed by atoms with van der Waals surface area (Å²) in [5.41, 5.74) is 14.0. The fourth-order valence-corrected chi connectivity index (χ4v) is 1.98. The molecule has 1 rings (SSSR count). The maximum Gasteiger partial charge on any atom is 0.189 e. The van der Waals surface area contributed by atoms with Crippen LogP contribution in [-0.2, 0) is 13.1 Å². The number of aliphatic imine (C=N–C) groups is 2. The van der Waals surface area contributed by atoms with E-state index in [0.717, 1.165) is 24.0 Å². The molecule has 6 N–H and O–H groups in total. The van der Waals surface area contributed by atoms with Gasteiger partial charge in [-0.3, -0.25) is 0 Å². The third-order valence-electron chi connectivity index (χ3n) is 3.87. The molecule has 0 fully saturated rings. The average Bonchev–Trinajstić information content (AvgIpc) is 2.58. The Morgan fingerprint density at radius 2 is 1.33 bits per heavy atom. The number of guanidine groups is 2. The van der Waals surface area contributed by atoms with Crippen LogP contribution in [0.5, 0.6) is 0 Å². The summed E-state index contributed by atoms with van der Waals surface area (Å²) in [5.74, 6) is 0.963. The first-order chi connectivity index (χ1) is 11.4. The quantitative estimate of drug-likeness (QED) is 0.432. The molecule has 2 unspecified atom stereocenters. The lowest BCUT2D eigenvalue weighted by Crippen LogP contribution is -2.38. The molecule has 0 aromatic heterocycles. The largest absolute Gasteiger partial charge is 0.370 e. The zero-order valence-electron chi connectivity index (χ0n) is 15.3. The smallest absolute Gasteiger partial charge is 0.189 e. The van der Waals surface area contributed by atoms with Crippen LogP contribution in [-0.4, -0.2) is 24.0 Å². The van der Waals surface area contributed by atoms with Gasteiger partial charge in [-0.05, 0) is 37.8 Å². The van der Waals surface area contributed by atoms with Gasteiger partial charge in [0.2, 0.25) is 0 Å². The fourth-order valence-electron chi connectivity index (χ4n) is 1.98. The molecule has 1 aromatic rings. The zero-order valence-corrected chi connectivity index (χ0v) is 15.3. The maximum atomic E-state index is 5.89. The van der Waals surface area contributed by atoms with E-state index in [1.54, 1.807) is 0 Å². The lowest BCUT2D eigenvalue weighted by molar-refractivity contribution is 0.636. The van der Waals surface area contributed by atoms with Gasteiger partial charge in [-0.25, -0.2) is 9.98 Å². The molecule has 0 saturated carbocycles. The van der Waals surface area contributed by atoms with Gasteiger partial charge in [0, 0.05) is 12.1 Å². The summed E-state index contributed by atoms with van der Waals surface area (Å²) < 4.78 is 0. The molecule has 0 spiro atoms. The monoisotopic (exact) mass is 332 g/mol. The van der Waals surface area contributed by atoms with Crippen molar-refractivity contribution >= 4 is 11.9 Å². The highest BCUT2D eigenvalue weighted by molar-refractivity contribution is 5.78. The summed E-state index contributed by atoms with van der Waals surface area (Å²) in [5, 5.41) is 6.32. The molecule has 24 heavy (non-hydrogen) atoms. The molecule has 0 saturated heterocycles. The molecule has 134 valence electrons. The Labute approximate surface area is 145 Å². The molecule has 0 aliphatic heterocycles. The Hall–Kier alpha value is -2.24. The number of nitrogens with two attached hydrogens (primary N) is 2. The van der Waals surface area contributed by atoms with E-state index in [1.807, 2.05) is 18.2 Å². The maximum absolute atomic E-state index is 5.89. The second-order valence-electron chi connectivity index (χ2n) is 6.13. The summed E-state index contributed by atoms with van der Waals surface area (Å²) in [6, 6.07) is 8.82. The standard InChI is InChI=1S/C18H32N6/c1-5-13(3)23-17(19)21-11-15-8-7-9-16(10-15)12-22-18(20)24-14(4)6-2/h7-10,13-14H,5-6,11-12H2,1-4H3,(H3,19,21,23)(H3,20,22,24). The van der Waals surface area contributed by atoms with Crippen LogP contribution in [0.25, 0.3) is 0 Å². The van der Waals surface area contributed by atoms with Gasteiger partial charge in [-0.2, -0.15) is 0 Å². The third-order valence-corrected chi connectivity index (χ3v) is 3.87. The van der Waals surface area contributed by atoms with Crippen LogP contribution >= 0.6 is 0 Å². The summed E-state index contributed by atoms with van der Waals surface area (Å²) in [7, 11) is 0. The van der Waals surface area contributed by atoms with Crippen molar-refractivity contribution in [1.82, 2.24) is 10.6 Å². The van der Waals surface area contributed by atoms with Gasteiger partial charge < -0.3 is 22.1 Å². The minimum Gasteiger partial charge on any atom is -0.370 e. The van der Waals surface area contributed by atoms with E-state index >= 15 is 0 Å². The fraction of sp³-hybridized carbons (Fsp3) is 0.556. The number of hydrogen-bond donors (Lipinski definition) is 4. The number of hydrogen-bond acceptors (Lipinski definition) is 2. The SMILES string of the molecule is CCC(C)NC(N)=NCc1cccc(CN=C(N)NC(C)CC)c1. The first-order valence-corrected chi connectivity index (χ1v) is 8.65. The molecule has 0 aliphatic carbocycles. The molecule has 6 nitrogen and oxygen atoms in total. The van der Waals surface area contributed by atoms with E-state index in [0.29, 0.717) is 37.1 Å². The van der Waals surface area contributed by atoms with E-state index in [2.05, 4.69) is 54.4 Å². The molecule has 0 heterocycles. The van der Waals surface area contributed by atoms with Crippen molar-refractivity contribution in [3.8, 4) is 0 Å². The van der Waals surface area contributed by atoms with E-state index in [1.165, 1.54) is 0 Å². The van der Waals surface area contributed by atoms with Gasteiger partial charge in [0.25, 0.3) is 0 Å². The van der Waals surface area contributed by atoms with Crippen LogP contribution in [0.1, 0.15) is 51.7 Å². The van der Waals surface area contributed by atoms with Crippen LogP contribution in [0.2, 0.25) is 0 Å². The summed E-state index contributed by atoms with van der Waals surface area (Å²) in [6.45, 7) is 9.48. The Bertz CT molecular complexity index is 507. The van der Waals surface area contributed by atoms with Crippen LogP contribution in [0.3, 0.4) is 0 Å². The van der Waals surface area contributed by atoms with E-state index < -0.39 is 0 Å². The minimum atomic E-state index is 0.329. The molecular weight excluding hydrogens is 300 g/mol. The van der Waals surface area contributed by atoms with Gasteiger partial charge in [0.1, 0.15) is 0 Å². The first kappa shape index (κ1) is 19.8. The zero-order chi connectivity index (χ0) is 17.9. The van der Waals surface area contributed by atoms with Crippen LogP contribution in [0, 0.1) is 0 Å². The molecular formula is C18H32N6. The first-order valence-electron chi connectivity index (χ1n) is 8.65. The van der Waals surface area contributed by atoms with Crippen LogP contribution in [0.4, 0.5) is 0 Å². The number of rotatable bonds is 8. The van der Waals surface area contributed by atoms with Crippen LogP contribution < -0.4 is 22.1 Å². The molecule has 2 atom stereocenters. The summed E-state index contributed by atoms with van der Waals surface area (Å²) in [6.07, 6.45) is 2.02. The van der Waals surface area contributed by atoms with Crippen molar-refractivity contribution in [3.63, 3.8) is 0 Å². The third kappa shape index (κ3) is 7.85. The van der Waals surface area contributed by atoms with E-state index in [4.69, 9.17) is 11.5 Å². The lowest BCUT2D eigenvalue weighted by Gasteiger charge is -2.12. The van der Waals surface area contributed by atoms with E-state index in [-0.39, 0.29) is 0 Å². The Morgan fingerprint density at radius 3 is 1.71 bits per heavy atom. The molecule has 1 aromatic carbocycles. The second-order valence-corrected chi connectivity index (χ2v) is 6.13. The predicted octanol–water partition coefficient (Wildman–Crippen LogP) is 2.09. The van der Waals surface area contributed by atoms with Crippen molar-refractivity contribution < 1.29 is 0 Å². The van der Waals surface area contributed by atoms with Crippen molar-refractivity contribution in [2.24, 2.45) is 21.5 Å². The molecule has 0 radical (unpaired) electrons. The summed E-state index contributed by atoms with van der Waals surface area (Å²) in [4.78, 5) is 8.76. The highest BCUT2D eigenvalue weighted by atomic mass is 15.1. The van der Waals surface area contributed by atoms with Gasteiger partial charge in [-0.1, -0.05) is 38.1 Å². The number of nitrogens with zero attached hydrogens (tertiary/aromatic N) is 2. The molecule has 0 aliphatic rings. The Morgan fingerprint density at radius 1 is 0.917 bits per heavy atom. The van der Waals surface area contributed by atoms with Crippen molar-refractivity contribution in [2.45, 2.75) is 65.7 Å². The van der Waals surface area contributed by atoms with Gasteiger partial charge in [-0.15, -0.1) is 0 Å². The Balaban J connectivity index is 2.60. The average molecular weight is 332 g/mol. The minimum absolute atomic E-state index is 0.329. The highest BCUT2D eigenvalue weighted by Gasteiger charge is 2.01. The van der Waals surface area contributed by atoms with Crippen molar-refractivity contribution in [3.05, 3.63) is 35.4 Å². The normalized spacial score (nSPS) is 15.0. The highest BCUT2D eigenvalue weighted by Crippen LogP contribution is 2.08. The van der Waals surface area contributed by atoms with Gasteiger partial charge in [0.15, 0.2) is 11.9 Å².